The molecule has 2 aromatic carbocycles. The maximum atomic E-state index is 12.3. The number of piperazine rings is 1. The third-order valence-corrected chi connectivity index (χ3v) is 5.49. The molecule has 150 valence electrons. The lowest BCUT2D eigenvalue weighted by atomic mass is 10.0. The summed E-state index contributed by atoms with van der Waals surface area (Å²) in [7, 11) is 0. The SMILES string of the molecule is C=C(c1ccc(CC(C)C)cc1)N1CCN(c2nc3ccccc3c(=O)[nH]2)CC1. The van der Waals surface area contributed by atoms with E-state index >= 15 is 0 Å². The minimum absolute atomic E-state index is 0.0843. The molecule has 1 aliphatic heterocycles. The number of H-pyrrole nitrogens is 1. The summed E-state index contributed by atoms with van der Waals surface area (Å²) in [6.07, 6.45) is 1.10. The van der Waals surface area contributed by atoms with Crippen LogP contribution in [0.5, 0.6) is 0 Å². The topological polar surface area (TPSA) is 52.2 Å². The highest BCUT2D eigenvalue weighted by Crippen LogP contribution is 2.22. The highest BCUT2D eigenvalue weighted by molar-refractivity contribution is 5.78. The molecule has 3 aromatic rings. The number of aromatic amines is 1. The smallest absolute Gasteiger partial charge is 0.260 e. The van der Waals surface area contributed by atoms with Crippen molar-refractivity contribution < 1.29 is 0 Å². The molecule has 0 unspecified atom stereocenters. The van der Waals surface area contributed by atoms with E-state index in [2.05, 4.69) is 64.5 Å². The molecule has 2 heterocycles. The van der Waals surface area contributed by atoms with Crippen molar-refractivity contribution in [3.05, 3.63) is 76.6 Å². The first-order chi connectivity index (χ1) is 14.0. The quantitative estimate of drug-likeness (QED) is 0.720. The molecule has 1 aromatic heterocycles. The van der Waals surface area contributed by atoms with Gasteiger partial charge in [-0.05, 0) is 35.6 Å². The predicted octanol–water partition coefficient (Wildman–Crippen LogP) is 3.91. The van der Waals surface area contributed by atoms with Gasteiger partial charge < -0.3 is 9.80 Å². The number of benzene rings is 2. The van der Waals surface area contributed by atoms with Crippen LogP contribution in [0.15, 0.2) is 59.9 Å². The summed E-state index contributed by atoms with van der Waals surface area (Å²) >= 11 is 0. The zero-order valence-electron chi connectivity index (χ0n) is 17.2. The lowest BCUT2D eigenvalue weighted by Gasteiger charge is -2.37. The fourth-order valence-corrected chi connectivity index (χ4v) is 3.90. The Morgan fingerprint density at radius 1 is 1.07 bits per heavy atom. The normalized spacial score (nSPS) is 14.6. The lowest BCUT2D eigenvalue weighted by Crippen LogP contribution is -2.46. The van der Waals surface area contributed by atoms with Gasteiger partial charge in [0, 0.05) is 31.9 Å². The number of aromatic nitrogens is 2. The summed E-state index contributed by atoms with van der Waals surface area (Å²) in [5.74, 6) is 1.31. The number of fused-ring (bicyclic) bond motifs is 1. The molecule has 0 aliphatic carbocycles. The first kappa shape index (κ1) is 19.2. The van der Waals surface area contributed by atoms with E-state index in [4.69, 9.17) is 0 Å². The Morgan fingerprint density at radius 2 is 1.76 bits per heavy atom. The maximum absolute atomic E-state index is 12.3. The van der Waals surface area contributed by atoms with Gasteiger partial charge in [-0.2, -0.15) is 0 Å². The molecule has 1 N–H and O–H groups in total. The van der Waals surface area contributed by atoms with E-state index in [1.807, 2.05) is 18.2 Å². The highest BCUT2D eigenvalue weighted by atomic mass is 16.1. The second-order valence-electron chi connectivity index (χ2n) is 8.12. The maximum Gasteiger partial charge on any atom is 0.260 e. The number of rotatable bonds is 5. The number of hydrogen-bond donors (Lipinski definition) is 1. The van der Waals surface area contributed by atoms with E-state index in [0.29, 0.717) is 17.3 Å². The van der Waals surface area contributed by atoms with Crippen LogP contribution in [0.2, 0.25) is 0 Å². The second kappa shape index (κ2) is 8.11. The summed E-state index contributed by atoms with van der Waals surface area (Å²) in [6.45, 7) is 12.1. The van der Waals surface area contributed by atoms with E-state index < -0.39 is 0 Å². The Kier molecular flexibility index (Phi) is 5.38. The zero-order valence-corrected chi connectivity index (χ0v) is 17.2. The van der Waals surface area contributed by atoms with Crippen molar-refractivity contribution in [2.75, 3.05) is 31.1 Å². The highest BCUT2D eigenvalue weighted by Gasteiger charge is 2.21. The van der Waals surface area contributed by atoms with Crippen LogP contribution in [0.4, 0.5) is 5.95 Å². The van der Waals surface area contributed by atoms with Crippen LogP contribution in [0.25, 0.3) is 16.6 Å². The molecule has 0 saturated carbocycles. The van der Waals surface area contributed by atoms with Gasteiger partial charge in [0.05, 0.1) is 10.9 Å². The Bertz CT molecular complexity index is 1060. The van der Waals surface area contributed by atoms with Crippen LogP contribution in [0.1, 0.15) is 25.0 Å². The first-order valence-electron chi connectivity index (χ1n) is 10.3. The fourth-order valence-electron chi connectivity index (χ4n) is 3.90. The Labute approximate surface area is 171 Å². The first-order valence-corrected chi connectivity index (χ1v) is 10.3. The minimum Gasteiger partial charge on any atom is -0.368 e. The van der Waals surface area contributed by atoms with E-state index in [1.165, 1.54) is 11.1 Å². The van der Waals surface area contributed by atoms with Crippen LogP contribution in [-0.2, 0) is 6.42 Å². The summed E-state index contributed by atoms with van der Waals surface area (Å²) in [4.78, 5) is 24.4. The average molecular weight is 389 g/mol. The van der Waals surface area contributed by atoms with Gasteiger partial charge in [-0.25, -0.2) is 4.98 Å². The van der Waals surface area contributed by atoms with E-state index in [9.17, 15) is 4.79 Å². The number of para-hydroxylation sites is 1. The van der Waals surface area contributed by atoms with Crippen LogP contribution in [0.3, 0.4) is 0 Å². The molecule has 0 radical (unpaired) electrons. The molecule has 0 bridgehead atoms. The molecule has 1 aliphatic rings. The molecule has 1 saturated heterocycles. The Balaban J connectivity index is 1.43. The Morgan fingerprint density at radius 3 is 2.45 bits per heavy atom. The van der Waals surface area contributed by atoms with Gasteiger partial charge in [-0.1, -0.05) is 56.8 Å². The molecule has 5 nitrogen and oxygen atoms in total. The predicted molar refractivity (Wildman–Crippen MR) is 120 cm³/mol. The minimum atomic E-state index is -0.0843. The van der Waals surface area contributed by atoms with Gasteiger partial charge in [-0.3, -0.25) is 9.78 Å². The number of nitrogens with zero attached hydrogens (tertiary/aromatic N) is 3. The third kappa shape index (κ3) is 4.19. The number of nitrogens with one attached hydrogen (secondary N) is 1. The molecule has 5 heteroatoms. The second-order valence-corrected chi connectivity index (χ2v) is 8.12. The summed E-state index contributed by atoms with van der Waals surface area (Å²) in [5.41, 5.74) is 4.25. The van der Waals surface area contributed by atoms with Gasteiger partial charge >= 0.3 is 0 Å². The van der Waals surface area contributed by atoms with Crippen LogP contribution in [0, 0.1) is 5.92 Å². The van der Waals surface area contributed by atoms with E-state index in [-0.39, 0.29) is 5.56 Å². The van der Waals surface area contributed by atoms with Gasteiger partial charge in [0.1, 0.15) is 0 Å². The van der Waals surface area contributed by atoms with Gasteiger partial charge in [0.2, 0.25) is 5.95 Å². The summed E-state index contributed by atoms with van der Waals surface area (Å²) < 4.78 is 0. The fraction of sp³-hybridized carbons (Fsp3) is 0.333. The summed E-state index contributed by atoms with van der Waals surface area (Å²) in [6, 6.07) is 16.2. The van der Waals surface area contributed by atoms with Gasteiger partial charge in [-0.15, -0.1) is 0 Å². The van der Waals surface area contributed by atoms with Gasteiger partial charge in [0.15, 0.2) is 0 Å². The third-order valence-electron chi connectivity index (χ3n) is 5.49. The largest absolute Gasteiger partial charge is 0.368 e. The van der Waals surface area contributed by atoms with Crippen molar-refractivity contribution in [1.29, 1.82) is 0 Å². The molecule has 4 rings (SSSR count). The van der Waals surface area contributed by atoms with Crippen molar-refractivity contribution in [2.24, 2.45) is 5.92 Å². The molecule has 0 amide bonds. The van der Waals surface area contributed by atoms with Crippen LogP contribution >= 0.6 is 0 Å². The molecule has 29 heavy (non-hydrogen) atoms. The Hall–Kier alpha value is -3.08. The molecular formula is C24H28N4O. The monoisotopic (exact) mass is 388 g/mol. The number of anilines is 1. The van der Waals surface area contributed by atoms with Crippen molar-refractivity contribution in [3.63, 3.8) is 0 Å². The molecule has 1 fully saturated rings. The van der Waals surface area contributed by atoms with Crippen molar-refractivity contribution in [3.8, 4) is 0 Å². The molecule has 0 spiro atoms. The van der Waals surface area contributed by atoms with Crippen molar-refractivity contribution in [1.82, 2.24) is 14.9 Å². The average Bonchev–Trinajstić information content (AvgIpc) is 2.73. The van der Waals surface area contributed by atoms with E-state index in [1.54, 1.807) is 6.07 Å². The van der Waals surface area contributed by atoms with Crippen molar-refractivity contribution in [2.45, 2.75) is 20.3 Å². The lowest BCUT2D eigenvalue weighted by molar-refractivity contribution is 0.365. The van der Waals surface area contributed by atoms with Crippen molar-refractivity contribution >= 4 is 22.5 Å². The van der Waals surface area contributed by atoms with E-state index in [0.717, 1.165) is 43.8 Å². The molecular weight excluding hydrogens is 360 g/mol. The molecule has 0 atom stereocenters. The van der Waals surface area contributed by atoms with Crippen LogP contribution in [-0.4, -0.2) is 41.0 Å². The summed E-state index contributed by atoms with van der Waals surface area (Å²) in [5, 5.41) is 0.629. The standard InChI is InChI=1S/C24H28N4O/c1-17(2)16-19-8-10-20(11-9-19)18(3)27-12-14-28(15-13-27)24-25-22-7-5-4-6-21(22)23(29)26-24/h4-11,17H,3,12-16H2,1-2H3,(H,25,26,29). The van der Waals surface area contributed by atoms with Gasteiger partial charge in [0.25, 0.3) is 5.56 Å². The van der Waals surface area contributed by atoms with Crippen LogP contribution < -0.4 is 10.5 Å². The number of hydrogen-bond acceptors (Lipinski definition) is 4. The zero-order chi connectivity index (χ0) is 20.4.